The van der Waals surface area contributed by atoms with E-state index in [1.165, 1.54) is 29.1 Å². The summed E-state index contributed by atoms with van der Waals surface area (Å²) in [4.78, 5) is 0. The summed E-state index contributed by atoms with van der Waals surface area (Å²) in [5.74, 6) is 3.29. The fourth-order valence-corrected chi connectivity index (χ4v) is 4.61. The Bertz CT molecular complexity index is 297. The molecule has 0 N–H and O–H groups in total. The number of thioether (sulfide) groups is 2. The highest BCUT2D eigenvalue weighted by atomic mass is 32.2. The van der Waals surface area contributed by atoms with Crippen molar-refractivity contribution >= 4 is 23.5 Å². The molecule has 1 aliphatic heterocycles. The van der Waals surface area contributed by atoms with Gasteiger partial charge >= 0.3 is 0 Å². The van der Waals surface area contributed by atoms with Crippen molar-refractivity contribution in [2.45, 2.75) is 30.8 Å². The Morgan fingerprint density at radius 2 is 1.67 bits per heavy atom. The Morgan fingerprint density at radius 1 is 1.07 bits per heavy atom. The molecule has 1 aliphatic rings. The third-order valence-corrected chi connectivity index (χ3v) is 5.72. The van der Waals surface area contributed by atoms with Crippen LogP contribution in [-0.4, -0.2) is 11.5 Å². The van der Waals surface area contributed by atoms with E-state index in [9.17, 15) is 0 Å². The van der Waals surface area contributed by atoms with Crippen LogP contribution in [-0.2, 0) is 0 Å². The lowest BCUT2D eigenvalue weighted by atomic mass is 10.0. The van der Waals surface area contributed by atoms with Crippen molar-refractivity contribution in [2.24, 2.45) is 0 Å². The molecule has 0 saturated carbocycles. The van der Waals surface area contributed by atoms with Gasteiger partial charge in [-0.05, 0) is 35.0 Å². The minimum atomic E-state index is 0.644. The van der Waals surface area contributed by atoms with Crippen LogP contribution in [0.5, 0.6) is 0 Å². The molecule has 1 aromatic rings. The van der Waals surface area contributed by atoms with Crippen LogP contribution in [0.2, 0.25) is 0 Å². The largest absolute Gasteiger partial charge is 0.143 e. The SMILES string of the molecule is CC(C)c1ccc(C2SCCCS2)cc1. The topological polar surface area (TPSA) is 0 Å². The van der Waals surface area contributed by atoms with E-state index in [0.717, 1.165) is 0 Å². The van der Waals surface area contributed by atoms with Crippen LogP contribution in [0.3, 0.4) is 0 Å². The predicted octanol–water partition coefficient (Wildman–Crippen LogP) is 4.68. The molecule has 2 rings (SSSR count). The summed E-state index contributed by atoms with van der Waals surface area (Å²) in [5.41, 5.74) is 2.94. The van der Waals surface area contributed by atoms with Crippen molar-refractivity contribution in [1.82, 2.24) is 0 Å². The Morgan fingerprint density at radius 3 is 2.20 bits per heavy atom. The second-order valence-corrected chi connectivity index (χ2v) is 6.97. The van der Waals surface area contributed by atoms with Gasteiger partial charge in [-0.15, -0.1) is 23.5 Å². The number of benzene rings is 1. The van der Waals surface area contributed by atoms with Gasteiger partial charge in [-0.2, -0.15) is 0 Å². The quantitative estimate of drug-likeness (QED) is 0.734. The Balaban J connectivity index is 2.08. The first-order valence-corrected chi connectivity index (χ1v) is 7.70. The van der Waals surface area contributed by atoms with E-state index in [4.69, 9.17) is 0 Å². The molecule has 0 aromatic heterocycles. The molecule has 2 heteroatoms. The molecule has 0 unspecified atom stereocenters. The molecule has 15 heavy (non-hydrogen) atoms. The van der Waals surface area contributed by atoms with Crippen molar-refractivity contribution in [3.05, 3.63) is 35.4 Å². The summed E-state index contributed by atoms with van der Waals surface area (Å²) in [5, 5.41) is 0. The normalized spacial score (nSPS) is 18.3. The Hall–Kier alpha value is -0.0800. The second kappa shape index (κ2) is 5.31. The smallest absolute Gasteiger partial charge is 0.0751 e. The van der Waals surface area contributed by atoms with Gasteiger partial charge in [-0.25, -0.2) is 0 Å². The molecule has 0 spiro atoms. The highest BCUT2D eigenvalue weighted by Crippen LogP contribution is 2.43. The lowest BCUT2D eigenvalue weighted by Gasteiger charge is -2.21. The molecule has 0 aliphatic carbocycles. The first kappa shape index (κ1) is 11.4. The predicted molar refractivity (Wildman–Crippen MR) is 72.8 cm³/mol. The van der Waals surface area contributed by atoms with Gasteiger partial charge < -0.3 is 0 Å². The summed E-state index contributed by atoms with van der Waals surface area (Å²) in [7, 11) is 0. The monoisotopic (exact) mass is 238 g/mol. The van der Waals surface area contributed by atoms with E-state index in [2.05, 4.69) is 61.6 Å². The van der Waals surface area contributed by atoms with Crippen LogP contribution in [0.4, 0.5) is 0 Å². The van der Waals surface area contributed by atoms with Crippen LogP contribution in [0.15, 0.2) is 24.3 Å². The fourth-order valence-electron chi connectivity index (χ4n) is 1.72. The second-order valence-electron chi connectivity index (χ2n) is 4.25. The molecular formula is C13H18S2. The van der Waals surface area contributed by atoms with Crippen LogP contribution >= 0.6 is 23.5 Å². The van der Waals surface area contributed by atoms with E-state index in [1.54, 1.807) is 0 Å². The zero-order chi connectivity index (χ0) is 10.7. The first-order chi connectivity index (χ1) is 7.27. The third kappa shape index (κ3) is 2.94. The molecule has 0 atom stereocenters. The lowest BCUT2D eigenvalue weighted by Crippen LogP contribution is -2.00. The van der Waals surface area contributed by atoms with Crippen molar-refractivity contribution in [3.8, 4) is 0 Å². The number of hydrogen-bond acceptors (Lipinski definition) is 2. The molecule has 0 nitrogen and oxygen atoms in total. The van der Waals surface area contributed by atoms with Crippen LogP contribution in [0, 0.1) is 0 Å². The summed E-state index contributed by atoms with van der Waals surface area (Å²) >= 11 is 4.19. The molecule has 1 aromatic carbocycles. The summed E-state index contributed by atoms with van der Waals surface area (Å²) in [6, 6.07) is 9.20. The molecule has 1 fully saturated rings. The average Bonchev–Trinajstić information content (AvgIpc) is 2.30. The minimum absolute atomic E-state index is 0.644. The van der Waals surface area contributed by atoms with Gasteiger partial charge in [0.05, 0.1) is 4.58 Å². The minimum Gasteiger partial charge on any atom is -0.143 e. The molecule has 0 radical (unpaired) electrons. The van der Waals surface area contributed by atoms with E-state index in [0.29, 0.717) is 10.5 Å². The molecule has 0 amide bonds. The van der Waals surface area contributed by atoms with Gasteiger partial charge in [0.2, 0.25) is 0 Å². The molecule has 1 saturated heterocycles. The number of rotatable bonds is 2. The maximum Gasteiger partial charge on any atom is 0.0751 e. The van der Waals surface area contributed by atoms with Gasteiger partial charge in [-0.3, -0.25) is 0 Å². The van der Waals surface area contributed by atoms with Crippen molar-refractivity contribution in [3.63, 3.8) is 0 Å². The highest BCUT2D eigenvalue weighted by Gasteiger charge is 2.16. The maximum absolute atomic E-state index is 2.31. The molecule has 1 heterocycles. The third-order valence-electron chi connectivity index (χ3n) is 2.70. The molecule has 0 bridgehead atoms. The molecular weight excluding hydrogens is 220 g/mol. The highest BCUT2D eigenvalue weighted by molar-refractivity contribution is 8.16. The van der Waals surface area contributed by atoms with Crippen LogP contribution in [0.1, 0.15) is 41.9 Å². The summed E-state index contributed by atoms with van der Waals surface area (Å²) in [6.07, 6.45) is 1.37. The lowest BCUT2D eigenvalue weighted by molar-refractivity contribution is 0.866. The van der Waals surface area contributed by atoms with Crippen LogP contribution < -0.4 is 0 Å². The van der Waals surface area contributed by atoms with Gasteiger partial charge in [0.1, 0.15) is 0 Å². The summed E-state index contributed by atoms with van der Waals surface area (Å²) in [6.45, 7) is 4.50. The fraction of sp³-hybridized carbons (Fsp3) is 0.538. The average molecular weight is 238 g/mol. The van der Waals surface area contributed by atoms with E-state index in [-0.39, 0.29) is 0 Å². The Kier molecular flexibility index (Phi) is 4.04. The zero-order valence-electron chi connectivity index (χ0n) is 9.40. The van der Waals surface area contributed by atoms with Crippen molar-refractivity contribution in [1.29, 1.82) is 0 Å². The maximum atomic E-state index is 2.31. The van der Waals surface area contributed by atoms with Gasteiger partial charge in [0, 0.05) is 0 Å². The van der Waals surface area contributed by atoms with E-state index < -0.39 is 0 Å². The first-order valence-electron chi connectivity index (χ1n) is 5.60. The van der Waals surface area contributed by atoms with Gasteiger partial charge in [0.15, 0.2) is 0 Å². The van der Waals surface area contributed by atoms with E-state index >= 15 is 0 Å². The summed E-state index contributed by atoms with van der Waals surface area (Å²) < 4.78 is 0.681. The van der Waals surface area contributed by atoms with Crippen molar-refractivity contribution in [2.75, 3.05) is 11.5 Å². The van der Waals surface area contributed by atoms with Gasteiger partial charge in [-0.1, -0.05) is 38.1 Å². The molecule has 82 valence electrons. The Labute approximate surface area is 101 Å². The van der Waals surface area contributed by atoms with Crippen LogP contribution in [0.25, 0.3) is 0 Å². The van der Waals surface area contributed by atoms with Crippen molar-refractivity contribution < 1.29 is 0 Å². The number of hydrogen-bond donors (Lipinski definition) is 0. The van der Waals surface area contributed by atoms with Gasteiger partial charge in [0.25, 0.3) is 0 Å². The standard InChI is InChI=1S/C13H18S2/c1-10(2)11-4-6-12(7-5-11)13-14-8-3-9-15-13/h4-7,10,13H,3,8-9H2,1-2H3. The van der Waals surface area contributed by atoms with E-state index in [1.807, 2.05) is 0 Å². The zero-order valence-corrected chi connectivity index (χ0v) is 11.0.